The molecule has 2 rings (SSSR count). The Morgan fingerprint density at radius 1 is 1.11 bits per heavy atom. The molecule has 2 fully saturated rings. The van der Waals surface area contributed by atoms with Gasteiger partial charge in [0.15, 0.2) is 0 Å². The molecule has 3 nitrogen and oxygen atoms in total. The second-order valence-corrected chi connectivity index (χ2v) is 7.05. The van der Waals surface area contributed by atoms with Gasteiger partial charge in [-0.1, -0.05) is 39.5 Å². The molecule has 2 N–H and O–H groups in total. The zero-order valence-corrected chi connectivity index (χ0v) is 12.7. The molecule has 1 aliphatic carbocycles. The van der Waals surface area contributed by atoms with Crippen molar-refractivity contribution in [1.29, 1.82) is 0 Å². The zero-order valence-electron chi connectivity index (χ0n) is 12.7. The summed E-state index contributed by atoms with van der Waals surface area (Å²) in [5.41, 5.74) is 5.79. The van der Waals surface area contributed by atoms with Gasteiger partial charge in [0.25, 0.3) is 0 Å². The first-order valence-corrected chi connectivity index (χ1v) is 8.07. The molecule has 110 valence electrons. The second-order valence-electron chi connectivity index (χ2n) is 7.05. The molecule has 2 unspecified atom stereocenters. The Bertz CT molecular complexity index is 298. The number of carbonyl (C=O) groups is 1. The van der Waals surface area contributed by atoms with Crippen LogP contribution in [0.15, 0.2) is 0 Å². The number of nitrogens with zero attached hydrogens (tertiary/aromatic N) is 1. The third-order valence-corrected chi connectivity index (χ3v) is 5.06. The van der Waals surface area contributed by atoms with Crippen molar-refractivity contribution in [2.45, 2.75) is 58.8 Å². The van der Waals surface area contributed by atoms with Crippen LogP contribution in [0.2, 0.25) is 0 Å². The van der Waals surface area contributed by atoms with E-state index in [9.17, 15) is 4.79 Å². The van der Waals surface area contributed by atoms with E-state index in [4.69, 9.17) is 5.73 Å². The number of hydrogen-bond donors (Lipinski definition) is 1. The van der Waals surface area contributed by atoms with Crippen LogP contribution in [0.4, 0.5) is 0 Å². The van der Waals surface area contributed by atoms with Crippen molar-refractivity contribution in [3.05, 3.63) is 0 Å². The van der Waals surface area contributed by atoms with Crippen LogP contribution in [0.5, 0.6) is 0 Å². The van der Waals surface area contributed by atoms with E-state index in [1.807, 2.05) is 0 Å². The number of likely N-dealkylation sites (tertiary alicyclic amines) is 1. The Hall–Kier alpha value is -0.570. The summed E-state index contributed by atoms with van der Waals surface area (Å²) in [6, 6.07) is 0. The molecule has 0 spiro atoms. The Morgan fingerprint density at radius 3 is 2.11 bits per heavy atom. The predicted octanol–water partition coefficient (Wildman–Crippen LogP) is 2.79. The number of rotatable bonds is 2. The van der Waals surface area contributed by atoms with Crippen molar-refractivity contribution in [1.82, 2.24) is 4.90 Å². The average molecular weight is 266 g/mol. The first kappa shape index (κ1) is 14.8. The maximum Gasteiger partial charge on any atom is 0.230 e. The first-order valence-electron chi connectivity index (χ1n) is 8.07. The van der Waals surface area contributed by atoms with Crippen molar-refractivity contribution in [2.24, 2.45) is 23.0 Å². The molecule has 1 aliphatic heterocycles. The van der Waals surface area contributed by atoms with Crippen molar-refractivity contribution < 1.29 is 4.79 Å². The first-order chi connectivity index (χ1) is 9.07. The highest BCUT2D eigenvalue weighted by molar-refractivity contribution is 5.83. The lowest BCUT2D eigenvalue weighted by Gasteiger charge is -2.41. The summed E-state index contributed by atoms with van der Waals surface area (Å²) in [4.78, 5) is 15.1. The molecule has 0 aromatic rings. The third kappa shape index (κ3) is 3.31. The Balaban J connectivity index is 2.10. The zero-order chi connectivity index (χ0) is 13.9. The van der Waals surface area contributed by atoms with Gasteiger partial charge in [0.1, 0.15) is 0 Å². The number of nitrogens with two attached hydrogens (primary N) is 1. The number of piperidine rings is 1. The Morgan fingerprint density at radius 2 is 1.63 bits per heavy atom. The summed E-state index contributed by atoms with van der Waals surface area (Å²) >= 11 is 0. The summed E-state index contributed by atoms with van der Waals surface area (Å²) in [6.45, 7) is 6.93. The van der Waals surface area contributed by atoms with Crippen molar-refractivity contribution in [3.8, 4) is 0 Å². The maximum atomic E-state index is 13.0. The van der Waals surface area contributed by atoms with E-state index in [2.05, 4.69) is 18.7 Å². The van der Waals surface area contributed by atoms with Crippen LogP contribution in [-0.2, 0) is 4.79 Å². The molecule has 0 aromatic heterocycles. The maximum absolute atomic E-state index is 13.0. The molecule has 0 aromatic carbocycles. The number of carbonyl (C=O) groups excluding carboxylic acids is 1. The molecule has 2 aliphatic rings. The number of hydrogen-bond acceptors (Lipinski definition) is 2. The van der Waals surface area contributed by atoms with Gasteiger partial charge in [-0.3, -0.25) is 4.79 Å². The topological polar surface area (TPSA) is 46.3 Å². The van der Waals surface area contributed by atoms with E-state index >= 15 is 0 Å². The van der Waals surface area contributed by atoms with Gasteiger partial charge in [-0.15, -0.1) is 0 Å². The minimum absolute atomic E-state index is 0.243. The van der Waals surface area contributed by atoms with Gasteiger partial charge < -0.3 is 10.6 Å². The quantitative estimate of drug-likeness (QED) is 0.781. The van der Waals surface area contributed by atoms with E-state index in [1.165, 1.54) is 32.1 Å². The highest BCUT2D eigenvalue weighted by atomic mass is 16.2. The molecular weight excluding hydrogens is 236 g/mol. The standard InChI is InChI=1S/C16H30N2O/c1-13-9-14(2)11-18(10-13)15(19)16(12-17)7-5-3-4-6-8-16/h13-14H,3-12,17H2,1-2H3. The lowest BCUT2D eigenvalue weighted by molar-refractivity contribution is -0.145. The van der Waals surface area contributed by atoms with E-state index in [0.717, 1.165) is 25.9 Å². The largest absolute Gasteiger partial charge is 0.342 e. The Labute approximate surface area is 117 Å². The fourth-order valence-corrected chi connectivity index (χ4v) is 4.07. The van der Waals surface area contributed by atoms with Crippen LogP contribution in [0.25, 0.3) is 0 Å². The SMILES string of the molecule is CC1CC(C)CN(C(=O)C2(CN)CCCCCC2)C1. The molecule has 1 saturated carbocycles. The third-order valence-electron chi connectivity index (χ3n) is 5.06. The van der Waals surface area contributed by atoms with Gasteiger partial charge in [-0.25, -0.2) is 0 Å². The van der Waals surface area contributed by atoms with Crippen LogP contribution in [0, 0.1) is 17.3 Å². The van der Waals surface area contributed by atoms with E-state index in [-0.39, 0.29) is 5.41 Å². The van der Waals surface area contributed by atoms with Crippen molar-refractivity contribution >= 4 is 5.91 Å². The van der Waals surface area contributed by atoms with Gasteiger partial charge >= 0.3 is 0 Å². The molecular formula is C16H30N2O. The molecule has 2 atom stereocenters. The smallest absolute Gasteiger partial charge is 0.230 e. The van der Waals surface area contributed by atoms with Gasteiger partial charge in [-0.05, 0) is 31.1 Å². The summed E-state index contributed by atoms with van der Waals surface area (Å²) in [6.07, 6.45) is 8.12. The average Bonchev–Trinajstić information content (AvgIpc) is 2.63. The summed E-state index contributed by atoms with van der Waals surface area (Å²) in [5, 5.41) is 0. The van der Waals surface area contributed by atoms with Gasteiger partial charge in [0.05, 0.1) is 5.41 Å². The summed E-state index contributed by atoms with van der Waals surface area (Å²) in [5.74, 6) is 1.62. The molecule has 1 heterocycles. The monoisotopic (exact) mass is 266 g/mol. The van der Waals surface area contributed by atoms with Crippen LogP contribution >= 0.6 is 0 Å². The highest BCUT2D eigenvalue weighted by Gasteiger charge is 2.41. The van der Waals surface area contributed by atoms with Gasteiger partial charge in [-0.2, -0.15) is 0 Å². The molecule has 19 heavy (non-hydrogen) atoms. The van der Waals surface area contributed by atoms with Crippen molar-refractivity contribution in [3.63, 3.8) is 0 Å². The van der Waals surface area contributed by atoms with Crippen LogP contribution in [0.1, 0.15) is 58.8 Å². The number of amides is 1. The van der Waals surface area contributed by atoms with Crippen molar-refractivity contribution in [2.75, 3.05) is 19.6 Å². The van der Waals surface area contributed by atoms with E-state index in [0.29, 0.717) is 24.3 Å². The lowest BCUT2D eigenvalue weighted by Crippen LogP contribution is -2.52. The fourth-order valence-electron chi connectivity index (χ4n) is 4.07. The van der Waals surface area contributed by atoms with Crippen LogP contribution < -0.4 is 5.73 Å². The molecule has 1 saturated heterocycles. The van der Waals surface area contributed by atoms with Gasteiger partial charge in [0.2, 0.25) is 5.91 Å². The molecule has 0 bridgehead atoms. The highest BCUT2D eigenvalue weighted by Crippen LogP contribution is 2.37. The Kier molecular flexibility index (Phi) is 4.88. The minimum atomic E-state index is -0.243. The molecule has 0 radical (unpaired) electrons. The molecule has 1 amide bonds. The second kappa shape index (κ2) is 6.25. The normalized spacial score (nSPS) is 31.8. The lowest BCUT2D eigenvalue weighted by atomic mass is 9.78. The van der Waals surface area contributed by atoms with Crippen LogP contribution in [-0.4, -0.2) is 30.4 Å². The van der Waals surface area contributed by atoms with E-state index < -0.39 is 0 Å². The van der Waals surface area contributed by atoms with Crippen LogP contribution in [0.3, 0.4) is 0 Å². The predicted molar refractivity (Wildman–Crippen MR) is 78.7 cm³/mol. The van der Waals surface area contributed by atoms with E-state index in [1.54, 1.807) is 0 Å². The summed E-state index contributed by atoms with van der Waals surface area (Å²) in [7, 11) is 0. The fraction of sp³-hybridized carbons (Fsp3) is 0.938. The molecule has 3 heteroatoms. The van der Waals surface area contributed by atoms with Gasteiger partial charge in [0, 0.05) is 19.6 Å². The minimum Gasteiger partial charge on any atom is -0.342 e. The summed E-state index contributed by atoms with van der Waals surface area (Å²) < 4.78 is 0.